The van der Waals surface area contributed by atoms with Crippen molar-refractivity contribution in [1.82, 2.24) is 14.8 Å². The van der Waals surface area contributed by atoms with E-state index in [0.29, 0.717) is 16.6 Å². The third-order valence-electron chi connectivity index (χ3n) is 3.72. The van der Waals surface area contributed by atoms with Gasteiger partial charge in [-0.15, -0.1) is 0 Å². The average molecular weight is 350 g/mol. The number of pyridine rings is 1. The summed E-state index contributed by atoms with van der Waals surface area (Å²) in [6.07, 6.45) is -1.78. The summed E-state index contributed by atoms with van der Waals surface area (Å²) in [7, 11) is 1.66. The Morgan fingerprint density at radius 1 is 1.32 bits per heavy atom. The third kappa shape index (κ3) is 3.25. The van der Waals surface area contributed by atoms with Crippen LogP contribution in [0.2, 0.25) is 0 Å². The summed E-state index contributed by atoms with van der Waals surface area (Å²) in [6.45, 7) is 0.0260. The maximum Gasteiger partial charge on any atom is 0.416 e. The molecule has 0 saturated heterocycles. The highest BCUT2D eigenvalue weighted by Crippen LogP contribution is 2.30. The Morgan fingerprint density at radius 3 is 2.76 bits per heavy atom. The molecule has 2 aromatic heterocycles. The first-order chi connectivity index (χ1) is 11.8. The largest absolute Gasteiger partial charge is 0.478 e. The highest BCUT2D eigenvalue weighted by atomic mass is 19.4. The molecule has 6 nitrogen and oxygen atoms in total. The summed E-state index contributed by atoms with van der Waals surface area (Å²) >= 11 is 0. The number of aromatic nitrogens is 3. The number of hydrogen-bond donors (Lipinski definition) is 2. The van der Waals surface area contributed by atoms with E-state index in [1.54, 1.807) is 7.05 Å². The maximum absolute atomic E-state index is 12.8. The minimum Gasteiger partial charge on any atom is -0.478 e. The van der Waals surface area contributed by atoms with Crippen LogP contribution in [0.1, 0.15) is 21.5 Å². The highest BCUT2D eigenvalue weighted by molar-refractivity contribution is 6.03. The molecule has 0 amide bonds. The van der Waals surface area contributed by atoms with Gasteiger partial charge in [0.25, 0.3) is 0 Å². The third-order valence-corrected chi connectivity index (χ3v) is 3.72. The maximum atomic E-state index is 12.8. The number of nitrogens with zero attached hydrogens (tertiary/aromatic N) is 3. The molecule has 0 unspecified atom stereocenters. The number of alkyl halides is 3. The van der Waals surface area contributed by atoms with Gasteiger partial charge in [0.05, 0.1) is 22.8 Å². The van der Waals surface area contributed by atoms with E-state index in [2.05, 4.69) is 15.4 Å². The normalized spacial score (nSPS) is 11.7. The molecule has 0 spiro atoms. The molecule has 130 valence electrons. The lowest BCUT2D eigenvalue weighted by molar-refractivity contribution is -0.137. The van der Waals surface area contributed by atoms with E-state index >= 15 is 0 Å². The number of carboxylic acids is 1. The van der Waals surface area contributed by atoms with E-state index < -0.39 is 17.7 Å². The lowest BCUT2D eigenvalue weighted by Crippen LogP contribution is -2.09. The molecule has 9 heteroatoms. The van der Waals surface area contributed by atoms with E-state index in [4.69, 9.17) is 0 Å². The van der Waals surface area contributed by atoms with Crippen molar-refractivity contribution in [1.29, 1.82) is 0 Å². The number of benzene rings is 1. The van der Waals surface area contributed by atoms with Crippen molar-refractivity contribution in [2.45, 2.75) is 12.7 Å². The van der Waals surface area contributed by atoms with Crippen molar-refractivity contribution in [3.8, 4) is 0 Å². The average Bonchev–Trinajstić information content (AvgIpc) is 2.93. The minimum absolute atomic E-state index is 0.0260. The zero-order valence-corrected chi connectivity index (χ0v) is 13.0. The van der Waals surface area contributed by atoms with E-state index in [-0.39, 0.29) is 17.8 Å². The van der Waals surface area contributed by atoms with Crippen molar-refractivity contribution < 1.29 is 23.1 Å². The number of aromatic carboxylic acids is 1. The monoisotopic (exact) mass is 350 g/mol. The molecule has 3 rings (SSSR count). The Hall–Kier alpha value is -3.10. The molecule has 0 bridgehead atoms. The fraction of sp³-hybridized carbons (Fsp3) is 0.188. The number of fused-ring (bicyclic) bond motifs is 1. The molecule has 0 aliphatic rings. The van der Waals surface area contributed by atoms with Crippen molar-refractivity contribution in [3.05, 3.63) is 53.3 Å². The topological polar surface area (TPSA) is 80.0 Å². The van der Waals surface area contributed by atoms with Crippen molar-refractivity contribution in [3.63, 3.8) is 0 Å². The SMILES string of the molecule is Cn1ncc2c(NCc3cccc(C(F)(F)F)c3)c(C(=O)O)cnc21. The number of aryl methyl sites for hydroxylation is 1. The van der Waals surface area contributed by atoms with E-state index in [1.165, 1.54) is 29.2 Å². The van der Waals surface area contributed by atoms with E-state index in [9.17, 15) is 23.1 Å². The van der Waals surface area contributed by atoms with Crippen molar-refractivity contribution in [2.75, 3.05) is 5.32 Å². The predicted molar refractivity (Wildman–Crippen MR) is 84.2 cm³/mol. The van der Waals surface area contributed by atoms with Gasteiger partial charge in [0.1, 0.15) is 5.56 Å². The van der Waals surface area contributed by atoms with Gasteiger partial charge in [-0.2, -0.15) is 18.3 Å². The number of anilines is 1. The molecule has 0 aliphatic heterocycles. The Labute approximate surface area is 139 Å². The standard InChI is InChI=1S/C16H13F3N4O2/c1-23-14-11(8-22-23)13(12(7-21-14)15(24)25)20-6-9-3-2-4-10(5-9)16(17,18)19/h2-5,7-8H,6H2,1H3,(H,20,21)(H,24,25). The number of nitrogens with one attached hydrogen (secondary N) is 1. The molecule has 3 aromatic rings. The smallest absolute Gasteiger partial charge is 0.416 e. The number of halogens is 3. The second-order valence-electron chi connectivity index (χ2n) is 5.41. The van der Waals surface area contributed by atoms with Crippen LogP contribution in [-0.2, 0) is 19.8 Å². The number of carboxylic acid groups (broad SMARTS) is 1. The number of carbonyl (C=O) groups is 1. The van der Waals surface area contributed by atoms with Crippen LogP contribution in [-0.4, -0.2) is 25.8 Å². The zero-order chi connectivity index (χ0) is 18.2. The fourth-order valence-electron chi connectivity index (χ4n) is 2.50. The molecule has 1 aromatic carbocycles. The lowest BCUT2D eigenvalue weighted by Gasteiger charge is -2.12. The second-order valence-corrected chi connectivity index (χ2v) is 5.41. The van der Waals surface area contributed by atoms with Crippen LogP contribution in [0.5, 0.6) is 0 Å². The Kier molecular flexibility index (Phi) is 4.07. The number of hydrogen-bond acceptors (Lipinski definition) is 4. The van der Waals surface area contributed by atoms with Crippen molar-refractivity contribution >= 4 is 22.7 Å². The summed E-state index contributed by atoms with van der Waals surface area (Å²) in [4.78, 5) is 15.5. The molecule has 2 heterocycles. The summed E-state index contributed by atoms with van der Waals surface area (Å²) in [5, 5.41) is 16.7. The van der Waals surface area contributed by atoms with Crippen LogP contribution in [0.15, 0.2) is 36.7 Å². The molecule has 0 saturated carbocycles. The molecule has 0 atom stereocenters. The Bertz CT molecular complexity index is 950. The van der Waals surface area contributed by atoms with Gasteiger partial charge in [0.2, 0.25) is 0 Å². The molecule has 0 radical (unpaired) electrons. The van der Waals surface area contributed by atoms with Crippen LogP contribution < -0.4 is 5.32 Å². The summed E-state index contributed by atoms with van der Waals surface area (Å²) in [6, 6.07) is 4.85. The Balaban J connectivity index is 1.96. The van der Waals surface area contributed by atoms with Crippen LogP contribution in [0.3, 0.4) is 0 Å². The summed E-state index contributed by atoms with van der Waals surface area (Å²) in [5.41, 5.74) is 0.276. The van der Waals surface area contributed by atoms with Gasteiger partial charge in [-0.3, -0.25) is 4.68 Å². The van der Waals surface area contributed by atoms with Gasteiger partial charge in [-0.1, -0.05) is 12.1 Å². The zero-order valence-electron chi connectivity index (χ0n) is 13.0. The van der Waals surface area contributed by atoms with E-state index in [0.717, 1.165) is 12.1 Å². The van der Waals surface area contributed by atoms with Gasteiger partial charge in [-0.25, -0.2) is 9.78 Å². The van der Waals surface area contributed by atoms with E-state index in [1.807, 2.05) is 0 Å². The van der Waals surface area contributed by atoms with Gasteiger partial charge in [-0.05, 0) is 17.7 Å². The first kappa shape index (κ1) is 16.7. The van der Waals surface area contributed by atoms with Crippen LogP contribution in [0.25, 0.3) is 11.0 Å². The quantitative estimate of drug-likeness (QED) is 0.755. The van der Waals surface area contributed by atoms with Gasteiger partial charge < -0.3 is 10.4 Å². The molecule has 2 N–H and O–H groups in total. The Morgan fingerprint density at radius 2 is 2.08 bits per heavy atom. The highest BCUT2D eigenvalue weighted by Gasteiger charge is 2.30. The number of rotatable bonds is 4. The molecule has 0 fully saturated rings. The van der Waals surface area contributed by atoms with Crippen LogP contribution in [0.4, 0.5) is 18.9 Å². The minimum atomic E-state index is -4.44. The second kappa shape index (κ2) is 6.08. The molecule has 25 heavy (non-hydrogen) atoms. The first-order valence-corrected chi connectivity index (χ1v) is 7.21. The summed E-state index contributed by atoms with van der Waals surface area (Å²) < 4.78 is 39.9. The van der Waals surface area contributed by atoms with Gasteiger partial charge >= 0.3 is 12.1 Å². The molecular weight excluding hydrogens is 337 g/mol. The van der Waals surface area contributed by atoms with Gasteiger partial charge in [0, 0.05) is 19.8 Å². The predicted octanol–water partition coefficient (Wildman–Crippen LogP) is 3.30. The first-order valence-electron chi connectivity index (χ1n) is 7.21. The molecular formula is C16H13F3N4O2. The molecule has 0 aliphatic carbocycles. The summed E-state index contributed by atoms with van der Waals surface area (Å²) in [5.74, 6) is -1.19. The van der Waals surface area contributed by atoms with Crippen LogP contribution >= 0.6 is 0 Å². The fourth-order valence-corrected chi connectivity index (χ4v) is 2.50. The van der Waals surface area contributed by atoms with Gasteiger partial charge in [0.15, 0.2) is 5.65 Å². The van der Waals surface area contributed by atoms with Crippen molar-refractivity contribution in [2.24, 2.45) is 7.05 Å². The lowest BCUT2D eigenvalue weighted by atomic mass is 10.1. The van der Waals surface area contributed by atoms with Crippen LogP contribution in [0, 0.1) is 0 Å².